The highest BCUT2D eigenvalue weighted by Gasteiger charge is 2.32. The molecule has 1 fully saturated rings. The van der Waals surface area contributed by atoms with Crippen LogP contribution in [0.5, 0.6) is 5.75 Å². The van der Waals surface area contributed by atoms with Gasteiger partial charge in [0.25, 0.3) is 0 Å². The number of nitrogens with one attached hydrogen (secondary N) is 1. The van der Waals surface area contributed by atoms with Crippen molar-refractivity contribution in [2.24, 2.45) is 0 Å². The molecular formula is C21H24Cl2FN5O2. The van der Waals surface area contributed by atoms with Gasteiger partial charge in [0.05, 0.1) is 48.3 Å². The molecular weight excluding hydrogens is 444 g/mol. The van der Waals surface area contributed by atoms with Crippen LogP contribution in [0, 0.1) is 0 Å². The molecule has 1 aromatic carbocycles. The summed E-state index contributed by atoms with van der Waals surface area (Å²) < 4.78 is 18.3. The fourth-order valence-electron chi connectivity index (χ4n) is 3.72. The van der Waals surface area contributed by atoms with Crippen LogP contribution < -0.4 is 15.8 Å². The first kappa shape index (κ1) is 21.9. The number of urea groups is 1. The van der Waals surface area contributed by atoms with Crippen LogP contribution in [0.25, 0.3) is 11.3 Å². The van der Waals surface area contributed by atoms with E-state index in [4.69, 9.17) is 33.7 Å². The van der Waals surface area contributed by atoms with Crippen molar-refractivity contribution in [2.75, 3.05) is 19.0 Å². The number of alkyl halides is 1. The number of unbranched alkanes of at least 4 members (excludes halogenated alkanes) is 1. The fourth-order valence-corrected chi connectivity index (χ4v) is 4.28. The van der Waals surface area contributed by atoms with E-state index in [9.17, 15) is 9.18 Å². The number of nitrogen functional groups attached to an aromatic ring is 1. The molecule has 1 aliphatic carbocycles. The second kappa shape index (κ2) is 9.44. The number of fused-ring (bicyclic) bond motifs is 1. The van der Waals surface area contributed by atoms with E-state index in [1.165, 1.54) is 0 Å². The molecule has 0 spiro atoms. The minimum atomic E-state index is -0.402. The van der Waals surface area contributed by atoms with Crippen LogP contribution in [0.2, 0.25) is 10.0 Å². The molecule has 0 atom stereocenters. The topological polar surface area (TPSA) is 93.4 Å². The molecule has 2 aromatic rings. The van der Waals surface area contributed by atoms with Crippen LogP contribution in [-0.4, -0.2) is 40.2 Å². The number of aromatic nitrogens is 2. The number of nitrogens with two attached hydrogens (primary N) is 1. The van der Waals surface area contributed by atoms with E-state index in [1.807, 2.05) is 0 Å². The van der Waals surface area contributed by atoms with Gasteiger partial charge in [-0.15, -0.1) is 0 Å². The summed E-state index contributed by atoms with van der Waals surface area (Å²) in [6.45, 7) is 0.586. The summed E-state index contributed by atoms with van der Waals surface area (Å²) in [5.41, 5.74) is 8.49. The molecule has 2 amide bonds. The maximum absolute atomic E-state index is 12.7. The van der Waals surface area contributed by atoms with Gasteiger partial charge in [-0.05, 0) is 44.2 Å². The molecule has 1 aliphatic heterocycles. The summed E-state index contributed by atoms with van der Waals surface area (Å²) in [6, 6.07) is 3.37. The first-order valence-electron chi connectivity index (χ1n) is 10.3. The third kappa shape index (κ3) is 4.80. The average molecular weight is 468 g/mol. The van der Waals surface area contributed by atoms with Crippen molar-refractivity contribution in [1.82, 2.24) is 20.2 Å². The number of hydrogen-bond acceptors (Lipinski definition) is 5. The number of amides is 2. The predicted octanol–water partition coefficient (Wildman–Crippen LogP) is 4.74. The van der Waals surface area contributed by atoms with Crippen LogP contribution >= 0.6 is 23.2 Å². The van der Waals surface area contributed by atoms with Crippen molar-refractivity contribution in [3.05, 3.63) is 33.4 Å². The summed E-state index contributed by atoms with van der Waals surface area (Å²) in [6.07, 6.45) is 4.12. The van der Waals surface area contributed by atoms with E-state index in [1.54, 1.807) is 17.0 Å². The van der Waals surface area contributed by atoms with Crippen molar-refractivity contribution in [2.45, 2.75) is 51.2 Å². The number of anilines is 1. The predicted molar refractivity (Wildman–Crippen MR) is 118 cm³/mol. The largest absolute Gasteiger partial charge is 0.493 e. The van der Waals surface area contributed by atoms with E-state index in [-0.39, 0.29) is 18.0 Å². The molecule has 2 heterocycles. The number of hydrogen-bond donors (Lipinski definition) is 2. The van der Waals surface area contributed by atoms with Crippen LogP contribution in [0.3, 0.4) is 0 Å². The highest BCUT2D eigenvalue weighted by molar-refractivity contribution is 6.37. The smallest absolute Gasteiger partial charge is 0.318 e. The molecule has 10 heteroatoms. The summed E-state index contributed by atoms with van der Waals surface area (Å²) in [5, 5.41) is 3.81. The second-order valence-electron chi connectivity index (χ2n) is 7.79. The second-order valence-corrected chi connectivity index (χ2v) is 8.64. The number of ether oxygens (including phenoxy) is 1. The van der Waals surface area contributed by atoms with Crippen molar-refractivity contribution in [3.63, 3.8) is 0 Å². The molecule has 0 radical (unpaired) electrons. The van der Waals surface area contributed by atoms with E-state index in [0.29, 0.717) is 65.3 Å². The number of rotatable bonds is 7. The first-order valence-corrected chi connectivity index (χ1v) is 11.1. The standard InChI is InChI=1S/C21H24Cl2FN5O2/c22-12-8-15(23)18(17(9-12)31-7-2-1-6-24)19-14-10-29(11-16(14)27-20(25)28-19)21(30)26-13-4-3-5-13/h8-9,13H,1-7,10-11H2,(H,26,30)(H2,25,27,28). The lowest BCUT2D eigenvalue weighted by molar-refractivity contribution is 0.186. The number of carbonyl (C=O) groups is 1. The number of halogens is 3. The Morgan fingerprint density at radius 2 is 2.06 bits per heavy atom. The third-order valence-corrected chi connectivity index (χ3v) is 6.08. The molecule has 1 aromatic heterocycles. The Morgan fingerprint density at radius 3 is 2.77 bits per heavy atom. The molecule has 0 unspecified atom stereocenters. The zero-order valence-corrected chi connectivity index (χ0v) is 18.5. The van der Waals surface area contributed by atoms with Crippen LogP contribution in [-0.2, 0) is 13.1 Å². The Bertz CT molecular complexity index is 987. The number of carbonyl (C=O) groups excluding carboxylic acids is 1. The first-order chi connectivity index (χ1) is 15.0. The third-order valence-electron chi connectivity index (χ3n) is 5.56. The monoisotopic (exact) mass is 467 g/mol. The SMILES string of the molecule is Nc1nc2c(c(-c3c(Cl)cc(Cl)cc3OCCCCF)n1)CN(C(=O)NC1CCC1)C2. The molecule has 166 valence electrons. The molecule has 4 rings (SSSR count). The highest BCUT2D eigenvalue weighted by Crippen LogP contribution is 2.42. The fraction of sp³-hybridized carbons (Fsp3) is 0.476. The van der Waals surface area contributed by atoms with Gasteiger partial charge in [0.2, 0.25) is 5.95 Å². The summed E-state index contributed by atoms with van der Waals surface area (Å²) >= 11 is 12.7. The minimum absolute atomic E-state index is 0.0874. The van der Waals surface area contributed by atoms with Gasteiger partial charge >= 0.3 is 6.03 Å². The van der Waals surface area contributed by atoms with Gasteiger partial charge in [0.1, 0.15) is 5.75 Å². The van der Waals surface area contributed by atoms with Crippen LogP contribution in [0.1, 0.15) is 43.4 Å². The molecule has 0 bridgehead atoms. The summed E-state index contributed by atoms with van der Waals surface area (Å²) in [5.74, 6) is 0.526. The summed E-state index contributed by atoms with van der Waals surface area (Å²) in [7, 11) is 0. The Labute approximate surface area is 190 Å². The minimum Gasteiger partial charge on any atom is -0.493 e. The van der Waals surface area contributed by atoms with Gasteiger partial charge in [-0.25, -0.2) is 14.8 Å². The lowest BCUT2D eigenvalue weighted by Gasteiger charge is -2.28. The van der Waals surface area contributed by atoms with E-state index < -0.39 is 6.67 Å². The number of nitrogens with zero attached hydrogens (tertiary/aromatic N) is 3. The average Bonchev–Trinajstić information content (AvgIpc) is 3.11. The van der Waals surface area contributed by atoms with Crippen molar-refractivity contribution >= 4 is 35.2 Å². The van der Waals surface area contributed by atoms with Crippen molar-refractivity contribution < 1.29 is 13.9 Å². The Kier molecular flexibility index (Phi) is 6.67. The van der Waals surface area contributed by atoms with E-state index >= 15 is 0 Å². The number of benzene rings is 1. The lowest BCUT2D eigenvalue weighted by atomic mass is 9.93. The molecule has 1 saturated carbocycles. The molecule has 2 aliphatic rings. The highest BCUT2D eigenvalue weighted by atomic mass is 35.5. The molecule has 3 N–H and O–H groups in total. The lowest BCUT2D eigenvalue weighted by Crippen LogP contribution is -2.45. The molecule has 0 saturated heterocycles. The van der Waals surface area contributed by atoms with Crippen LogP contribution in [0.15, 0.2) is 12.1 Å². The van der Waals surface area contributed by atoms with E-state index in [0.717, 1.165) is 24.8 Å². The Balaban J connectivity index is 1.65. The Hall–Kier alpha value is -2.32. The Morgan fingerprint density at radius 1 is 1.26 bits per heavy atom. The van der Waals surface area contributed by atoms with Gasteiger partial charge in [-0.1, -0.05) is 23.2 Å². The maximum Gasteiger partial charge on any atom is 0.318 e. The maximum atomic E-state index is 12.7. The van der Waals surface area contributed by atoms with Crippen LogP contribution in [0.4, 0.5) is 15.1 Å². The van der Waals surface area contributed by atoms with Gasteiger partial charge < -0.3 is 20.7 Å². The molecule has 7 nitrogen and oxygen atoms in total. The van der Waals surface area contributed by atoms with Gasteiger partial charge in [0.15, 0.2) is 0 Å². The zero-order valence-electron chi connectivity index (χ0n) is 17.0. The van der Waals surface area contributed by atoms with Gasteiger partial charge in [-0.3, -0.25) is 4.39 Å². The van der Waals surface area contributed by atoms with Gasteiger partial charge in [-0.2, -0.15) is 0 Å². The quantitative estimate of drug-likeness (QED) is 0.573. The summed E-state index contributed by atoms with van der Waals surface area (Å²) in [4.78, 5) is 23.1. The normalized spacial score (nSPS) is 15.5. The molecule has 31 heavy (non-hydrogen) atoms. The van der Waals surface area contributed by atoms with E-state index in [2.05, 4.69) is 15.3 Å². The van der Waals surface area contributed by atoms with Gasteiger partial charge in [0, 0.05) is 16.6 Å². The van der Waals surface area contributed by atoms with Crippen molar-refractivity contribution in [1.29, 1.82) is 0 Å². The van der Waals surface area contributed by atoms with Crippen molar-refractivity contribution in [3.8, 4) is 17.0 Å². The zero-order chi connectivity index (χ0) is 22.0.